The van der Waals surface area contributed by atoms with Crippen LogP contribution in [-0.2, 0) is 24.5 Å². The zero-order valence-corrected chi connectivity index (χ0v) is 11.4. The first-order valence-electron chi connectivity index (χ1n) is 5.32. The maximum absolute atomic E-state index is 10.9. The number of carbonyl (C=O) groups excluding carboxylic acids is 2. The summed E-state index contributed by atoms with van der Waals surface area (Å²) in [6.07, 6.45) is 0. The molecule has 0 radical (unpaired) electrons. The summed E-state index contributed by atoms with van der Waals surface area (Å²) in [5.41, 5.74) is 5.54. The second kappa shape index (κ2) is 5.81. The Labute approximate surface area is 109 Å². The number of nitrogens with zero attached hydrogens (tertiary/aromatic N) is 1. The number of esters is 2. The average Bonchev–Trinajstić information content (AvgIpc) is 2.71. The van der Waals surface area contributed by atoms with E-state index in [1.165, 1.54) is 25.2 Å². The molecule has 0 unspecified atom stereocenters. The fourth-order valence-corrected chi connectivity index (χ4v) is 2.00. The molecule has 0 aliphatic heterocycles. The molecule has 1 heterocycles. The van der Waals surface area contributed by atoms with E-state index in [-0.39, 0.29) is 13.2 Å². The van der Waals surface area contributed by atoms with Gasteiger partial charge >= 0.3 is 11.9 Å². The van der Waals surface area contributed by atoms with Crippen molar-refractivity contribution >= 4 is 28.4 Å². The van der Waals surface area contributed by atoms with Gasteiger partial charge < -0.3 is 15.2 Å². The van der Waals surface area contributed by atoms with E-state index in [1.54, 1.807) is 12.3 Å². The Morgan fingerprint density at radius 2 is 1.83 bits per heavy atom. The highest BCUT2D eigenvalue weighted by Gasteiger charge is 2.32. The van der Waals surface area contributed by atoms with Gasteiger partial charge in [-0.25, -0.2) is 4.98 Å². The Kier molecular flexibility index (Phi) is 4.66. The van der Waals surface area contributed by atoms with Crippen molar-refractivity contribution in [3.63, 3.8) is 0 Å². The lowest BCUT2D eigenvalue weighted by atomic mass is 9.89. The van der Waals surface area contributed by atoms with Crippen LogP contribution >= 0.6 is 11.3 Å². The van der Waals surface area contributed by atoms with Crippen LogP contribution in [0.15, 0.2) is 5.38 Å². The summed E-state index contributed by atoms with van der Waals surface area (Å²) >= 11 is 1.29. The summed E-state index contributed by atoms with van der Waals surface area (Å²) in [6, 6.07) is 0. The molecule has 0 saturated heterocycles. The van der Waals surface area contributed by atoms with Crippen molar-refractivity contribution in [1.29, 1.82) is 0 Å². The third kappa shape index (κ3) is 3.99. The number of hydrogen-bond acceptors (Lipinski definition) is 7. The van der Waals surface area contributed by atoms with Crippen LogP contribution in [0.3, 0.4) is 0 Å². The van der Waals surface area contributed by atoms with Gasteiger partial charge in [0.05, 0.1) is 11.1 Å². The second-order valence-electron chi connectivity index (χ2n) is 4.19. The van der Waals surface area contributed by atoms with E-state index in [4.69, 9.17) is 15.2 Å². The number of carbonyl (C=O) groups is 2. The SMILES string of the molecule is CC(=O)OCC(C)(COC(C)=O)c1csc(N)n1. The lowest BCUT2D eigenvalue weighted by molar-refractivity contribution is -0.147. The van der Waals surface area contributed by atoms with Gasteiger partial charge in [-0.15, -0.1) is 11.3 Å². The van der Waals surface area contributed by atoms with Crippen LogP contribution < -0.4 is 5.73 Å². The molecule has 1 aromatic rings. The summed E-state index contributed by atoms with van der Waals surface area (Å²) in [5, 5.41) is 2.18. The number of anilines is 1. The molecule has 0 saturated carbocycles. The molecule has 0 atom stereocenters. The number of aromatic nitrogens is 1. The second-order valence-corrected chi connectivity index (χ2v) is 5.08. The van der Waals surface area contributed by atoms with Gasteiger partial charge in [0.2, 0.25) is 0 Å². The van der Waals surface area contributed by atoms with E-state index >= 15 is 0 Å². The molecule has 100 valence electrons. The Bertz CT molecular complexity index is 426. The number of thiazole rings is 1. The van der Waals surface area contributed by atoms with Crippen molar-refractivity contribution in [3.05, 3.63) is 11.1 Å². The molecule has 0 amide bonds. The molecular formula is C11H16N2O4S. The quantitative estimate of drug-likeness (QED) is 0.807. The first-order chi connectivity index (χ1) is 8.33. The van der Waals surface area contributed by atoms with E-state index < -0.39 is 17.4 Å². The number of rotatable bonds is 5. The predicted octanol–water partition coefficient (Wildman–Crippen LogP) is 1.11. The van der Waals surface area contributed by atoms with Crippen molar-refractivity contribution < 1.29 is 19.1 Å². The van der Waals surface area contributed by atoms with Gasteiger partial charge in [0.15, 0.2) is 5.13 Å². The standard InChI is InChI=1S/C11H16N2O4S/c1-7(14)16-5-11(3,6-17-8(2)15)9-4-18-10(12)13-9/h4H,5-6H2,1-3H3,(H2,12,13). The van der Waals surface area contributed by atoms with Gasteiger partial charge in [-0.2, -0.15) is 0 Å². The molecule has 1 aromatic heterocycles. The van der Waals surface area contributed by atoms with Gasteiger partial charge in [-0.1, -0.05) is 0 Å². The normalized spacial score (nSPS) is 11.1. The van der Waals surface area contributed by atoms with Crippen LogP contribution in [0.4, 0.5) is 5.13 Å². The van der Waals surface area contributed by atoms with Gasteiger partial charge in [0, 0.05) is 19.2 Å². The summed E-state index contributed by atoms with van der Waals surface area (Å²) in [7, 11) is 0. The van der Waals surface area contributed by atoms with Crippen LogP contribution in [0.5, 0.6) is 0 Å². The van der Waals surface area contributed by atoms with Crippen molar-refractivity contribution in [2.45, 2.75) is 26.2 Å². The van der Waals surface area contributed by atoms with Crippen LogP contribution in [0.2, 0.25) is 0 Å². The fraction of sp³-hybridized carbons (Fsp3) is 0.545. The van der Waals surface area contributed by atoms with Gasteiger partial charge in [0.1, 0.15) is 13.2 Å². The third-order valence-corrected chi connectivity index (χ3v) is 3.00. The molecule has 1 rings (SSSR count). The Morgan fingerprint density at radius 1 is 1.33 bits per heavy atom. The molecule has 0 bridgehead atoms. The number of ether oxygens (including phenoxy) is 2. The molecule has 0 spiro atoms. The first-order valence-corrected chi connectivity index (χ1v) is 6.19. The highest BCUT2D eigenvalue weighted by Crippen LogP contribution is 2.27. The Balaban J connectivity index is 2.85. The summed E-state index contributed by atoms with van der Waals surface area (Å²) in [5.74, 6) is -0.792. The minimum Gasteiger partial charge on any atom is -0.465 e. The summed E-state index contributed by atoms with van der Waals surface area (Å²) in [6.45, 7) is 4.61. The van der Waals surface area contributed by atoms with E-state index in [2.05, 4.69) is 4.98 Å². The van der Waals surface area contributed by atoms with Crippen LogP contribution in [0.1, 0.15) is 26.5 Å². The lowest BCUT2D eigenvalue weighted by Crippen LogP contribution is -2.35. The molecule has 0 fully saturated rings. The van der Waals surface area contributed by atoms with E-state index in [0.717, 1.165) is 0 Å². The van der Waals surface area contributed by atoms with Crippen LogP contribution in [0.25, 0.3) is 0 Å². The summed E-state index contributed by atoms with van der Waals surface area (Å²) in [4.78, 5) is 25.9. The van der Waals surface area contributed by atoms with Crippen molar-refractivity contribution in [2.75, 3.05) is 18.9 Å². The third-order valence-electron chi connectivity index (χ3n) is 2.33. The van der Waals surface area contributed by atoms with E-state index in [1.807, 2.05) is 0 Å². The molecule has 0 aromatic carbocycles. The topological polar surface area (TPSA) is 91.5 Å². The van der Waals surface area contributed by atoms with E-state index in [0.29, 0.717) is 10.8 Å². The zero-order chi connectivity index (χ0) is 13.8. The van der Waals surface area contributed by atoms with Crippen LogP contribution in [-0.4, -0.2) is 30.1 Å². The monoisotopic (exact) mass is 272 g/mol. The van der Waals surface area contributed by atoms with Crippen molar-refractivity contribution in [2.24, 2.45) is 0 Å². The minimum absolute atomic E-state index is 0.0821. The Morgan fingerprint density at radius 3 is 2.17 bits per heavy atom. The van der Waals surface area contributed by atoms with Gasteiger partial charge in [-0.3, -0.25) is 9.59 Å². The predicted molar refractivity (Wildman–Crippen MR) is 67.1 cm³/mol. The molecule has 7 heteroatoms. The molecule has 18 heavy (non-hydrogen) atoms. The molecule has 6 nitrogen and oxygen atoms in total. The maximum Gasteiger partial charge on any atom is 0.302 e. The Hall–Kier alpha value is -1.63. The van der Waals surface area contributed by atoms with Crippen molar-refractivity contribution in [3.8, 4) is 0 Å². The number of nitrogen functional groups attached to an aromatic ring is 1. The lowest BCUT2D eigenvalue weighted by Gasteiger charge is -2.26. The number of nitrogens with two attached hydrogens (primary N) is 1. The highest BCUT2D eigenvalue weighted by atomic mass is 32.1. The largest absolute Gasteiger partial charge is 0.465 e. The summed E-state index contributed by atoms with van der Waals surface area (Å²) < 4.78 is 9.99. The van der Waals surface area contributed by atoms with Gasteiger partial charge in [-0.05, 0) is 6.92 Å². The molecular weight excluding hydrogens is 256 g/mol. The number of hydrogen-bond donors (Lipinski definition) is 1. The van der Waals surface area contributed by atoms with Crippen LogP contribution in [0, 0.1) is 0 Å². The molecule has 2 N–H and O–H groups in total. The fourth-order valence-electron chi connectivity index (χ4n) is 1.28. The maximum atomic E-state index is 10.9. The highest BCUT2D eigenvalue weighted by molar-refractivity contribution is 7.13. The zero-order valence-electron chi connectivity index (χ0n) is 10.6. The van der Waals surface area contributed by atoms with Crippen molar-refractivity contribution in [1.82, 2.24) is 4.98 Å². The smallest absolute Gasteiger partial charge is 0.302 e. The molecule has 0 aliphatic carbocycles. The molecule has 0 aliphatic rings. The minimum atomic E-state index is -0.689. The average molecular weight is 272 g/mol. The van der Waals surface area contributed by atoms with Gasteiger partial charge in [0.25, 0.3) is 0 Å². The van der Waals surface area contributed by atoms with E-state index in [9.17, 15) is 9.59 Å². The first kappa shape index (κ1) is 14.4.